The van der Waals surface area contributed by atoms with Gasteiger partial charge in [0, 0.05) is 12.5 Å². The molecule has 0 spiro atoms. The Hall–Kier alpha value is -2.82. The quantitative estimate of drug-likeness (QED) is 0.750. The number of hydrogen-bond acceptors (Lipinski definition) is 3. The zero-order chi connectivity index (χ0) is 14.8. The minimum Gasteiger partial charge on any atom is -0.461 e. The van der Waals surface area contributed by atoms with Crippen molar-refractivity contribution in [2.75, 3.05) is 0 Å². The molecule has 3 rings (SSSR count). The van der Waals surface area contributed by atoms with Crippen LogP contribution < -0.4 is 5.56 Å². The third-order valence-electron chi connectivity index (χ3n) is 3.26. The highest BCUT2D eigenvalue weighted by Gasteiger charge is 2.11. The number of fused-ring (bicyclic) bond motifs is 1. The van der Waals surface area contributed by atoms with Gasteiger partial charge in [0.25, 0.3) is 5.56 Å². The van der Waals surface area contributed by atoms with Crippen LogP contribution in [0.1, 0.15) is 12.5 Å². The van der Waals surface area contributed by atoms with E-state index in [1.807, 2.05) is 42.5 Å². The van der Waals surface area contributed by atoms with E-state index in [9.17, 15) is 9.59 Å². The Bertz CT molecular complexity index is 861. The van der Waals surface area contributed by atoms with Gasteiger partial charge in [0.05, 0.1) is 16.6 Å². The van der Waals surface area contributed by atoms with Gasteiger partial charge in [0.1, 0.15) is 6.61 Å². The summed E-state index contributed by atoms with van der Waals surface area (Å²) >= 11 is 0. The molecule has 1 heterocycles. The van der Waals surface area contributed by atoms with Gasteiger partial charge in [-0.1, -0.05) is 30.3 Å². The van der Waals surface area contributed by atoms with Crippen LogP contribution in [0.15, 0.2) is 53.3 Å². The average Bonchev–Trinajstić information content (AvgIpc) is 2.83. The number of nitrogens with zero attached hydrogens (tertiary/aromatic N) is 1. The lowest BCUT2D eigenvalue weighted by molar-refractivity contribution is -0.142. The normalized spacial score (nSPS) is 10.7. The first-order chi connectivity index (χ1) is 10.2. The van der Waals surface area contributed by atoms with E-state index < -0.39 is 0 Å². The molecule has 0 atom stereocenters. The fourth-order valence-corrected chi connectivity index (χ4v) is 2.26. The molecular weight excluding hydrogens is 268 g/mol. The summed E-state index contributed by atoms with van der Waals surface area (Å²) in [4.78, 5) is 23.4. The molecule has 0 aliphatic heterocycles. The summed E-state index contributed by atoms with van der Waals surface area (Å²) in [7, 11) is 0. The molecule has 0 saturated carbocycles. The zero-order valence-electron chi connectivity index (χ0n) is 11.5. The number of H-pyrrole nitrogens is 1. The molecular formula is C16H14N2O3. The second-order valence-corrected chi connectivity index (χ2v) is 4.71. The first-order valence-electron chi connectivity index (χ1n) is 6.58. The van der Waals surface area contributed by atoms with Crippen LogP contribution in [0.2, 0.25) is 0 Å². The Morgan fingerprint density at radius 2 is 1.86 bits per heavy atom. The number of carbonyl (C=O) groups is 1. The third kappa shape index (κ3) is 2.45. The van der Waals surface area contributed by atoms with Crippen LogP contribution in [0.25, 0.3) is 16.6 Å². The maximum atomic E-state index is 12.4. The smallest absolute Gasteiger partial charge is 0.302 e. The van der Waals surface area contributed by atoms with Gasteiger partial charge in [-0.3, -0.25) is 14.7 Å². The van der Waals surface area contributed by atoms with Crippen molar-refractivity contribution >= 4 is 16.9 Å². The van der Waals surface area contributed by atoms with Crippen LogP contribution in [-0.2, 0) is 16.1 Å². The number of aromatic amines is 1. The molecule has 21 heavy (non-hydrogen) atoms. The number of ether oxygens (including phenoxy) is 1. The SMILES string of the molecule is CC(=O)OCc1ccccc1-n1[nH]c2ccccc2c1=O. The number of benzene rings is 2. The van der Waals surface area contributed by atoms with Crippen LogP contribution in [0.3, 0.4) is 0 Å². The van der Waals surface area contributed by atoms with Gasteiger partial charge in [-0.2, -0.15) is 0 Å². The molecule has 0 fully saturated rings. The lowest BCUT2D eigenvalue weighted by Crippen LogP contribution is -2.16. The van der Waals surface area contributed by atoms with Crippen LogP contribution in [0, 0.1) is 0 Å². The second-order valence-electron chi connectivity index (χ2n) is 4.71. The van der Waals surface area contributed by atoms with E-state index in [1.54, 1.807) is 6.07 Å². The van der Waals surface area contributed by atoms with Crippen molar-refractivity contribution in [1.82, 2.24) is 9.78 Å². The summed E-state index contributed by atoms with van der Waals surface area (Å²) in [6, 6.07) is 14.6. The first kappa shape index (κ1) is 13.2. The number of nitrogens with one attached hydrogen (secondary N) is 1. The Morgan fingerprint density at radius 1 is 1.14 bits per heavy atom. The molecule has 1 N–H and O–H groups in total. The van der Waals surface area contributed by atoms with E-state index in [0.717, 1.165) is 11.1 Å². The maximum Gasteiger partial charge on any atom is 0.302 e. The molecule has 0 saturated heterocycles. The Labute approximate surface area is 120 Å². The fourth-order valence-electron chi connectivity index (χ4n) is 2.26. The monoisotopic (exact) mass is 282 g/mol. The fraction of sp³-hybridized carbons (Fsp3) is 0.125. The lowest BCUT2D eigenvalue weighted by atomic mass is 10.2. The molecule has 0 bridgehead atoms. The van der Waals surface area contributed by atoms with Crippen LogP contribution in [0.5, 0.6) is 0 Å². The summed E-state index contributed by atoms with van der Waals surface area (Å²) in [5.41, 5.74) is 2.09. The number of carbonyl (C=O) groups excluding carboxylic acids is 1. The topological polar surface area (TPSA) is 64.1 Å². The minimum absolute atomic E-state index is 0.124. The highest BCUT2D eigenvalue weighted by atomic mass is 16.5. The minimum atomic E-state index is -0.353. The van der Waals surface area contributed by atoms with E-state index in [4.69, 9.17) is 4.74 Å². The van der Waals surface area contributed by atoms with Gasteiger partial charge >= 0.3 is 5.97 Å². The van der Waals surface area contributed by atoms with Crippen molar-refractivity contribution in [1.29, 1.82) is 0 Å². The lowest BCUT2D eigenvalue weighted by Gasteiger charge is -2.09. The van der Waals surface area contributed by atoms with E-state index >= 15 is 0 Å². The number of esters is 1. The third-order valence-corrected chi connectivity index (χ3v) is 3.26. The Balaban J connectivity index is 2.12. The molecule has 0 amide bonds. The van der Waals surface area contributed by atoms with E-state index in [2.05, 4.69) is 5.10 Å². The van der Waals surface area contributed by atoms with Crippen molar-refractivity contribution in [2.24, 2.45) is 0 Å². The van der Waals surface area contributed by atoms with Crippen molar-refractivity contribution in [2.45, 2.75) is 13.5 Å². The van der Waals surface area contributed by atoms with Gasteiger partial charge in [-0.25, -0.2) is 4.68 Å². The summed E-state index contributed by atoms with van der Waals surface area (Å²) in [6.07, 6.45) is 0. The molecule has 0 aliphatic rings. The van der Waals surface area contributed by atoms with Gasteiger partial charge in [0.15, 0.2) is 0 Å². The first-order valence-corrected chi connectivity index (χ1v) is 6.58. The summed E-state index contributed by atoms with van der Waals surface area (Å²) in [5, 5.41) is 3.70. The van der Waals surface area contributed by atoms with Gasteiger partial charge in [0.2, 0.25) is 0 Å². The Kier molecular flexibility index (Phi) is 3.31. The molecule has 5 heteroatoms. The molecule has 5 nitrogen and oxygen atoms in total. The van der Waals surface area contributed by atoms with Crippen LogP contribution in [-0.4, -0.2) is 15.7 Å². The van der Waals surface area contributed by atoms with Crippen molar-refractivity contribution in [3.63, 3.8) is 0 Å². The highest BCUT2D eigenvalue weighted by molar-refractivity contribution is 5.78. The van der Waals surface area contributed by atoms with Crippen LogP contribution >= 0.6 is 0 Å². The highest BCUT2D eigenvalue weighted by Crippen LogP contribution is 2.16. The number of aromatic nitrogens is 2. The van der Waals surface area contributed by atoms with E-state index in [1.165, 1.54) is 11.6 Å². The summed E-state index contributed by atoms with van der Waals surface area (Å²) < 4.78 is 6.51. The number of para-hydroxylation sites is 2. The largest absolute Gasteiger partial charge is 0.461 e. The molecule has 1 aromatic heterocycles. The predicted octanol–water partition coefficient (Wildman–Crippen LogP) is 2.38. The molecule has 3 aromatic rings. The van der Waals surface area contributed by atoms with Gasteiger partial charge in [-0.05, 0) is 18.2 Å². The van der Waals surface area contributed by atoms with Crippen molar-refractivity contribution in [3.05, 3.63) is 64.4 Å². The maximum absolute atomic E-state index is 12.4. The van der Waals surface area contributed by atoms with Gasteiger partial charge in [-0.15, -0.1) is 0 Å². The summed E-state index contributed by atoms with van der Waals surface area (Å²) in [5.74, 6) is -0.353. The van der Waals surface area contributed by atoms with Crippen LogP contribution in [0.4, 0.5) is 0 Å². The van der Waals surface area contributed by atoms with E-state index in [0.29, 0.717) is 11.1 Å². The average molecular weight is 282 g/mol. The second kappa shape index (κ2) is 5.28. The predicted molar refractivity (Wildman–Crippen MR) is 79.4 cm³/mol. The molecule has 2 aromatic carbocycles. The Morgan fingerprint density at radius 3 is 2.62 bits per heavy atom. The van der Waals surface area contributed by atoms with Crippen molar-refractivity contribution in [3.8, 4) is 5.69 Å². The van der Waals surface area contributed by atoms with Gasteiger partial charge < -0.3 is 4.74 Å². The molecule has 0 unspecified atom stereocenters. The number of rotatable bonds is 3. The summed E-state index contributed by atoms with van der Waals surface area (Å²) in [6.45, 7) is 1.49. The molecule has 0 radical (unpaired) electrons. The molecule has 106 valence electrons. The van der Waals surface area contributed by atoms with E-state index in [-0.39, 0.29) is 18.1 Å². The molecule has 0 aliphatic carbocycles. The zero-order valence-corrected chi connectivity index (χ0v) is 11.5. The van der Waals surface area contributed by atoms with Crippen molar-refractivity contribution < 1.29 is 9.53 Å². The standard InChI is InChI=1S/C16H14N2O3/c1-11(19)21-10-12-6-2-5-9-15(12)18-16(20)13-7-3-4-8-14(13)17-18/h2-9,17H,10H2,1H3. The number of hydrogen-bond donors (Lipinski definition) is 1.